The molecule has 4 fully saturated rings. The minimum Gasteiger partial charge on any atom is -0.393 e. The highest BCUT2D eigenvalue weighted by Crippen LogP contribution is 2.48. The summed E-state index contributed by atoms with van der Waals surface area (Å²) < 4.78 is 0. The van der Waals surface area contributed by atoms with Crippen LogP contribution < -0.4 is 5.32 Å². The van der Waals surface area contributed by atoms with E-state index in [0.29, 0.717) is 6.54 Å². The maximum absolute atomic E-state index is 12.3. The van der Waals surface area contributed by atoms with Crippen LogP contribution in [0.25, 0.3) is 0 Å². The number of rotatable bonds is 4. The lowest BCUT2D eigenvalue weighted by Crippen LogP contribution is -2.66. The third-order valence-corrected chi connectivity index (χ3v) is 5.95. The van der Waals surface area contributed by atoms with Crippen molar-refractivity contribution >= 4 is 5.91 Å². The molecule has 3 aliphatic heterocycles. The third-order valence-electron chi connectivity index (χ3n) is 5.95. The SMILES string of the molecule is O=C(CN1CCN(CC2CNC2)CC1)N1CC2(CC(O)C2)C1. The summed E-state index contributed by atoms with van der Waals surface area (Å²) in [6.07, 6.45) is 1.67. The Kier molecular flexibility index (Phi) is 3.88. The summed E-state index contributed by atoms with van der Waals surface area (Å²) in [4.78, 5) is 19.1. The first-order valence-corrected chi connectivity index (χ1v) is 8.73. The van der Waals surface area contributed by atoms with E-state index in [4.69, 9.17) is 0 Å². The second kappa shape index (κ2) is 5.74. The number of likely N-dealkylation sites (tertiary alicyclic amines) is 1. The Balaban J connectivity index is 1.15. The number of aliphatic hydroxyl groups is 1. The monoisotopic (exact) mass is 308 g/mol. The van der Waals surface area contributed by atoms with E-state index < -0.39 is 0 Å². The number of piperazine rings is 1. The van der Waals surface area contributed by atoms with Crippen molar-refractivity contribution in [3.8, 4) is 0 Å². The van der Waals surface area contributed by atoms with E-state index in [1.165, 1.54) is 19.6 Å². The summed E-state index contributed by atoms with van der Waals surface area (Å²) >= 11 is 0. The van der Waals surface area contributed by atoms with Crippen LogP contribution in [0.15, 0.2) is 0 Å². The smallest absolute Gasteiger partial charge is 0.236 e. The van der Waals surface area contributed by atoms with Gasteiger partial charge in [0.2, 0.25) is 5.91 Å². The largest absolute Gasteiger partial charge is 0.393 e. The minimum atomic E-state index is -0.115. The second-order valence-corrected chi connectivity index (χ2v) is 7.91. The van der Waals surface area contributed by atoms with Crippen LogP contribution in [0.4, 0.5) is 0 Å². The molecule has 6 heteroatoms. The van der Waals surface area contributed by atoms with Crippen LogP contribution in [-0.4, -0.2) is 97.3 Å². The molecule has 4 aliphatic rings. The maximum Gasteiger partial charge on any atom is 0.236 e. The Bertz CT molecular complexity index is 418. The van der Waals surface area contributed by atoms with Crippen LogP contribution >= 0.6 is 0 Å². The average molecular weight is 308 g/mol. The van der Waals surface area contributed by atoms with Crippen molar-refractivity contribution in [1.29, 1.82) is 0 Å². The molecule has 1 spiro atoms. The zero-order valence-corrected chi connectivity index (χ0v) is 13.3. The summed E-state index contributed by atoms with van der Waals surface area (Å²) in [7, 11) is 0. The van der Waals surface area contributed by atoms with E-state index in [1.54, 1.807) is 0 Å². The molecule has 0 unspecified atom stereocenters. The predicted molar refractivity (Wildman–Crippen MR) is 83.5 cm³/mol. The van der Waals surface area contributed by atoms with Crippen molar-refractivity contribution in [2.24, 2.45) is 11.3 Å². The number of amides is 1. The molecule has 124 valence electrons. The van der Waals surface area contributed by atoms with Crippen LogP contribution in [0.3, 0.4) is 0 Å². The Morgan fingerprint density at radius 3 is 2.27 bits per heavy atom. The highest BCUT2D eigenvalue weighted by Gasteiger charge is 2.53. The molecule has 3 heterocycles. The molecule has 0 aromatic heterocycles. The summed E-state index contributed by atoms with van der Waals surface area (Å²) in [5, 5.41) is 12.8. The van der Waals surface area contributed by atoms with Gasteiger partial charge in [-0.3, -0.25) is 9.69 Å². The predicted octanol–water partition coefficient (Wildman–Crippen LogP) is -1.19. The van der Waals surface area contributed by atoms with E-state index in [-0.39, 0.29) is 17.4 Å². The van der Waals surface area contributed by atoms with Crippen molar-refractivity contribution in [3.63, 3.8) is 0 Å². The van der Waals surface area contributed by atoms with E-state index in [0.717, 1.165) is 58.0 Å². The molecule has 0 bridgehead atoms. The molecule has 6 nitrogen and oxygen atoms in total. The Hall–Kier alpha value is -0.690. The summed E-state index contributed by atoms with van der Waals surface area (Å²) in [6.45, 7) is 10.1. The standard InChI is InChI=1S/C16H28N4O2/c21-14-5-16(6-14)11-20(12-16)15(22)10-19-3-1-18(2-4-19)9-13-7-17-8-13/h13-14,17,21H,1-12H2. The van der Waals surface area contributed by atoms with Crippen LogP contribution in [-0.2, 0) is 4.79 Å². The Morgan fingerprint density at radius 1 is 1.09 bits per heavy atom. The third kappa shape index (κ3) is 2.89. The van der Waals surface area contributed by atoms with Gasteiger partial charge in [-0.1, -0.05) is 0 Å². The molecule has 1 amide bonds. The van der Waals surface area contributed by atoms with Crippen molar-refractivity contribution in [1.82, 2.24) is 20.0 Å². The van der Waals surface area contributed by atoms with E-state index in [1.807, 2.05) is 4.90 Å². The van der Waals surface area contributed by atoms with Crippen LogP contribution in [0.5, 0.6) is 0 Å². The van der Waals surface area contributed by atoms with E-state index >= 15 is 0 Å². The maximum atomic E-state index is 12.3. The molecular weight excluding hydrogens is 280 g/mol. The van der Waals surface area contributed by atoms with Gasteiger partial charge in [0.25, 0.3) is 0 Å². The molecule has 1 aliphatic carbocycles. The highest BCUT2D eigenvalue weighted by atomic mass is 16.3. The lowest BCUT2D eigenvalue weighted by molar-refractivity contribution is -0.164. The van der Waals surface area contributed by atoms with Gasteiger partial charge in [-0.2, -0.15) is 0 Å². The zero-order valence-electron chi connectivity index (χ0n) is 13.3. The number of nitrogens with one attached hydrogen (secondary N) is 1. The summed E-state index contributed by atoms with van der Waals surface area (Å²) in [5.74, 6) is 1.12. The second-order valence-electron chi connectivity index (χ2n) is 7.91. The molecule has 0 aromatic carbocycles. The van der Waals surface area contributed by atoms with Gasteiger partial charge < -0.3 is 20.2 Å². The van der Waals surface area contributed by atoms with Gasteiger partial charge in [0.1, 0.15) is 0 Å². The number of hydrogen-bond donors (Lipinski definition) is 2. The number of carbonyl (C=O) groups excluding carboxylic acids is 1. The first kappa shape index (κ1) is 14.9. The molecule has 0 aromatic rings. The Morgan fingerprint density at radius 2 is 1.73 bits per heavy atom. The van der Waals surface area contributed by atoms with Gasteiger partial charge in [0.15, 0.2) is 0 Å². The average Bonchev–Trinajstić information content (AvgIpc) is 2.38. The molecule has 3 saturated heterocycles. The first-order chi connectivity index (χ1) is 10.6. The van der Waals surface area contributed by atoms with E-state index in [9.17, 15) is 9.90 Å². The van der Waals surface area contributed by atoms with Crippen LogP contribution in [0, 0.1) is 11.3 Å². The van der Waals surface area contributed by atoms with Crippen molar-refractivity contribution in [2.75, 3.05) is 65.4 Å². The quantitative estimate of drug-likeness (QED) is 0.684. The van der Waals surface area contributed by atoms with Gasteiger partial charge in [0, 0.05) is 64.3 Å². The molecule has 1 saturated carbocycles. The molecule has 0 atom stereocenters. The molecular formula is C16H28N4O2. The number of aliphatic hydroxyl groups excluding tert-OH is 1. The van der Waals surface area contributed by atoms with Crippen molar-refractivity contribution in [2.45, 2.75) is 18.9 Å². The van der Waals surface area contributed by atoms with Gasteiger partial charge in [0.05, 0.1) is 12.6 Å². The molecule has 22 heavy (non-hydrogen) atoms. The van der Waals surface area contributed by atoms with Gasteiger partial charge in [-0.15, -0.1) is 0 Å². The molecule has 0 radical (unpaired) electrons. The zero-order chi connectivity index (χ0) is 15.2. The van der Waals surface area contributed by atoms with E-state index in [2.05, 4.69) is 15.1 Å². The highest BCUT2D eigenvalue weighted by molar-refractivity contribution is 5.79. The number of hydrogen-bond acceptors (Lipinski definition) is 5. The van der Waals surface area contributed by atoms with Gasteiger partial charge in [-0.25, -0.2) is 0 Å². The first-order valence-electron chi connectivity index (χ1n) is 8.73. The Labute approximate surface area is 132 Å². The topological polar surface area (TPSA) is 59.1 Å². The summed E-state index contributed by atoms with van der Waals surface area (Å²) in [5.41, 5.74) is 0.282. The number of carbonyl (C=O) groups is 1. The van der Waals surface area contributed by atoms with Crippen molar-refractivity contribution < 1.29 is 9.90 Å². The molecule has 2 N–H and O–H groups in total. The lowest BCUT2D eigenvalue weighted by Gasteiger charge is -2.58. The van der Waals surface area contributed by atoms with Crippen molar-refractivity contribution in [3.05, 3.63) is 0 Å². The van der Waals surface area contributed by atoms with Crippen LogP contribution in [0.2, 0.25) is 0 Å². The van der Waals surface area contributed by atoms with Gasteiger partial charge in [-0.05, 0) is 18.8 Å². The lowest BCUT2D eigenvalue weighted by atomic mass is 9.62. The summed E-state index contributed by atoms with van der Waals surface area (Å²) in [6, 6.07) is 0. The fourth-order valence-electron chi connectivity index (χ4n) is 4.40. The fourth-order valence-corrected chi connectivity index (χ4v) is 4.40. The molecule has 4 rings (SSSR count). The minimum absolute atomic E-state index is 0.115. The van der Waals surface area contributed by atoms with Crippen LogP contribution in [0.1, 0.15) is 12.8 Å². The number of nitrogens with zero attached hydrogens (tertiary/aromatic N) is 3. The fraction of sp³-hybridized carbons (Fsp3) is 0.938. The van der Waals surface area contributed by atoms with Gasteiger partial charge >= 0.3 is 0 Å². The normalized spacial score (nSPS) is 30.0.